The van der Waals surface area contributed by atoms with Crippen LogP contribution in [0.4, 0.5) is 5.69 Å². The molecule has 0 saturated heterocycles. The minimum absolute atomic E-state index is 0.821. The van der Waals surface area contributed by atoms with Crippen LogP contribution < -0.4 is 5.73 Å². The Bertz CT molecular complexity index is 486. The number of nitrogen functional groups attached to an aromatic ring is 1. The molecule has 0 heterocycles. The van der Waals surface area contributed by atoms with E-state index in [0.29, 0.717) is 0 Å². The summed E-state index contributed by atoms with van der Waals surface area (Å²) in [7, 11) is 0. The van der Waals surface area contributed by atoms with Gasteiger partial charge in [-0.15, -0.1) is 6.58 Å². The highest BCUT2D eigenvalue weighted by molar-refractivity contribution is 5.85. The lowest BCUT2D eigenvalue weighted by Crippen LogP contribution is -1.86. The van der Waals surface area contributed by atoms with Crippen molar-refractivity contribution in [1.82, 2.24) is 0 Å². The SMILES string of the molecule is C=CCCc1ccc2cc(N)ccc2c1. The summed E-state index contributed by atoms with van der Waals surface area (Å²) in [5.41, 5.74) is 7.90. The summed E-state index contributed by atoms with van der Waals surface area (Å²) in [5, 5.41) is 2.46. The van der Waals surface area contributed by atoms with Gasteiger partial charge in [0.05, 0.1) is 0 Å². The van der Waals surface area contributed by atoms with Gasteiger partial charge >= 0.3 is 0 Å². The molecule has 0 bridgehead atoms. The summed E-state index contributed by atoms with van der Waals surface area (Å²) >= 11 is 0. The first kappa shape index (κ1) is 9.78. The largest absolute Gasteiger partial charge is 0.399 e. The maximum Gasteiger partial charge on any atom is 0.0320 e. The Labute approximate surface area is 90.2 Å². The maximum atomic E-state index is 5.73. The molecule has 0 saturated carbocycles. The molecule has 0 amide bonds. The number of nitrogens with two attached hydrogens (primary N) is 1. The molecule has 76 valence electrons. The second kappa shape index (κ2) is 4.18. The minimum Gasteiger partial charge on any atom is -0.399 e. The Morgan fingerprint density at radius 1 is 1.07 bits per heavy atom. The molecule has 2 N–H and O–H groups in total. The molecule has 0 atom stereocenters. The van der Waals surface area contributed by atoms with Gasteiger partial charge in [0, 0.05) is 5.69 Å². The van der Waals surface area contributed by atoms with Crippen LogP contribution in [0.15, 0.2) is 49.1 Å². The number of rotatable bonds is 3. The van der Waals surface area contributed by atoms with Gasteiger partial charge in [-0.2, -0.15) is 0 Å². The van der Waals surface area contributed by atoms with Gasteiger partial charge in [0.15, 0.2) is 0 Å². The highest BCUT2D eigenvalue weighted by Crippen LogP contribution is 2.19. The first-order chi connectivity index (χ1) is 7.29. The van der Waals surface area contributed by atoms with E-state index in [9.17, 15) is 0 Å². The summed E-state index contributed by atoms with van der Waals surface area (Å²) in [6.07, 6.45) is 4.04. The van der Waals surface area contributed by atoms with Crippen LogP contribution in [0.1, 0.15) is 12.0 Å². The molecule has 15 heavy (non-hydrogen) atoms. The quantitative estimate of drug-likeness (QED) is 0.591. The summed E-state index contributed by atoms with van der Waals surface area (Å²) in [6.45, 7) is 3.73. The van der Waals surface area contributed by atoms with Crippen LogP contribution in [0.2, 0.25) is 0 Å². The first-order valence-electron chi connectivity index (χ1n) is 5.18. The first-order valence-corrected chi connectivity index (χ1v) is 5.18. The Morgan fingerprint density at radius 3 is 2.60 bits per heavy atom. The lowest BCUT2D eigenvalue weighted by molar-refractivity contribution is 1.01. The average Bonchev–Trinajstić information content (AvgIpc) is 2.26. The lowest BCUT2D eigenvalue weighted by Gasteiger charge is -2.03. The van der Waals surface area contributed by atoms with Crippen LogP contribution in [0.5, 0.6) is 0 Å². The van der Waals surface area contributed by atoms with E-state index in [2.05, 4.69) is 30.8 Å². The zero-order chi connectivity index (χ0) is 10.7. The van der Waals surface area contributed by atoms with Crippen molar-refractivity contribution in [3.8, 4) is 0 Å². The molecule has 2 rings (SSSR count). The van der Waals surface area contributed by atoms with Gasteiger partial charge in [-0.25, -0.2) is 0 Å². The summed E-state index contributed by atoms with van der Waals surface area (Å²) < 4.78 is 0. The normalized spacial score (nSPS) is 10.4. The van der Waals surface area contributed by atoms with Crippen molar-refractivity contribution in [3.63, 3.8) is 0 Å². The van der Waals surface area contributed by atoms with E-state index in [0.717, 1.165) is 18.5 Å². The predicted molar refractivity (Wildman–Crippen MR) is 66.9 cm³/mol. The topological polar surface area (TPSA) is 26.0 Å². The zero-order valence-corrected chi connectivity index (χ0v) is 8.74. The van der Waals surface area contributed by atoms with Crippen LogP contribution in [0, 0.1) is 0 Å². The molecule has 0 spiro atoms. The Hall–Kier alpha value is -1.76. The Balaban J connectivity index is 2.38. The smallest absolute Gasteiger partial charge is 0.0320 e. The molecule has 0 aliphatic carbocycles. The van der Waals surface area contributed by atoms with Crippen molar-refractivity contribution in [3.05, 3.63) is 54.6 Å². The number of anilines is 1. The van der Waals surface area contributed by atoms with Gasteiger partial charge in [0.1, 0.15) is 0 Å². The van der Waals surface area contributed by atoms with Crippen molar-refractivity contribution >= 4 is 16.5 Å². The van der Waals surface area contributed by atoms with Crippen LogP contribution in [-0.4, -0.2) is 0 Å². The fraction of sp³-hybridized carbons (Fsp3) is 0.143. The second-order valence-electron chi connectivity index (χ2n) is 3.77. The summed E-state index contributed by atoms with van der Waals surface area (Å²) in [6, 6.07) is 12.5. The Kier molecular flexibility index (Phi) is 2.72. The highest BCUT2D eigenvalue weighted by atomic mass is 14.5. The molecular formula is C14H15N. The molecule has 1 nitrogen and oxygen atoms in total. The van der Waals surface area contributed by atoms with Gasteiger partial charge in [-0.05, 0) is 41.3 Å². The van der Waals surface area contributed by atoms with Crippen LogP contribution >= 0.6 is 0 Å². The third kappa shape index (κ3) is 2.18. The molecule has 0 fully saturated rings. The molecular weight excluding hydrogens is 182 g/mol. The number of hydrogen-bond acceptors (Lipinski definition) is 1. The molecule has 0 aliphatic heterocycles. The van der Waals surface area contributed by atoms with Crippen LogP contribution in [0.25, 0.3) is 10.8 Å². The molecule has 0 unspecified atom stereocenters. The molecule has 0 aliphatic rings. The molecule has 1 heteroatoms. The number of aryl methyl sites for hydroxylation is 1. The van der Waals surface area contributed by atoms with Crippen LogP contribution in [-0.2, 0) is 6.42 Å². The molecule has 0 radical (unpaired) electrons. The number of hydrogen-bond donors (Lipinski definition) is 1. The minimum atomic E-state index is 0.821. The number of fused-ring (bicyclic) bond motifs is 1. The molecule has 0 aromatic heterocycles. The molecule has 2 aromatic carbocycles. The van der Waals surface area contributed by atoms with E-state index >= 15 is 0 Å². The van der Waals surface area contributed by atoms with E-state index in [1.807, 2.05) is 18.2 Å². The third-order valence-electron chi connectivity index (χ3n) is 2.57. The number of allylic oxidation sites excluding steroid dienone is 1. The van der Waals surface area contributed by atoms with E-state index in [4.69, 9.17) is 5.73 Å². The van der Waals surface area contributed by atoms with Crippen molar-refractivity contribution < 1.29 is 0 Å². The zero-order valence-electron chi connectivity index (χ0n) is 8.74. The fourth-order valence-corrected chi connectivity index (χ4v) is 1.74. The van der Waals surface area contributed by atoms with Crippen molar-refractivity contribution in [2.75, 3.05) is 5.73 Å². The highest BCUT2D eigenvalue weighted by Gasteiger charge is 1.96. The lowest BCUT2D eigenvalue weighted by atomic mass is 10.0. The standard InChI is InChI=1S/C14H15N/c1-2-3-4-11-5-6-13-10-14(15)8-7-12(13)9-11/h2,5-10H,1,3-4,15H2. The second-order valence-corrected chi connectivity index (χ2v) is 3.77. The summed E-state index contributed by atoms with van der Waals surface area (Å²) in [5.74, 6) is 0. The maximum absolute atomic E-state index is 5.73. The van der Waals surface area contributed by atoms with Crippen LogP contribution in [0.3, 0.4) is 0 Å². The van der Waals surface area contributed by atoms with Gasteiger partial charge < -0.3 is 5.73 Å². The van der Waals surface area contributed by atoms with Gasteiger partial charge in [0.2, 0.25) is 0 Å². The van der Waals surface area contributed by atoms with E-state index in [-0.39, 0.29) is 0 Å². The predicted octanol–water partition coefficient (Wildman–Crippen LogP) is 3.54. The van der Waals surface area contributed by atoms with Crippen molar-refractivity contribution in [2.45, 2.75) is 12.8 Å². The van der Waals surface area contributed by atoms with Gasteiger partial charge in [0.25, 0.3) is 0 Å². The van der Waals surface area contributed by atoms with Crippen molar-refractivity contribution in [2.24, 2.45) is 0 Å². The average molecular weight is 197 g/mol. The van der Waals surface area contributed by atoms with E-state index < -0.39 is 0 Å². The van der Waals surface area contributed by atoms with E-state index in [1.54, 1.807) is 0 Å². The molecule has 2 aromatic rings. The number of benzene rings is 2. The monoisotopic (exact) mass is 197 g/mol. The Morgan fingerprint density at radius 2 is 1.80 bits per heavy atom. The fourth-order valence-electron chi connectivity index (χ4n) is 1.74. The third-order valence-corrected chi connectivity index (χ3v) is 2.57. The van der Waals surface area contributed by atoms with Crippen molar-refractivity contribution in [1.29, 1.82) is 0 Å². The van der Waals surface area contributed by atoms with E-state index in [1.165, 1.54) is 16.3 Å². The van der Waals surface area contributed by atoms with Gasteiger partial charge in [-0.3, -0.25) is 0 Å². The van der Waals surface area contributed by atoms with Gasteiger partial charge in [-0.1, -0.05) is 30.3 Å². The summed E-state index contributed by atoms with van der Waals surface area (Å²) in [4.78, 5) is 0.